The Morgan fingerprint density at radius 3 is 2.64 bits per heavy atom. The zero-order valence-corrected chi connectivity index (χ0v) is 7.52. The molecule has 0 aromatic carbocycles. The maximum Gasteiger partial charge on any atom is 0.0707 e. The highest BCUT2D eigenvalue weighted by Gasteiger charge is 2.12. The van der Waals surface area contributed by atoms with Crippen LogP contribution in [0.2, 0.25) is 0 Å². The van der Waals surface area contributed by atoms with Crippen LogP contribution in [0.5, 0.6) is 0 Å². The van der Waals surface area contributed by atoms with E-state index in [9.17, 15) is 0 Å². The van der Waals surface area contributed by atoms with Crippen molar-refractivity contribution in [2.24, 2.45) is 5.10 Å². The molecule has 0 bridgehead atoms. The highest BCUT2D eigenvalue weighted by atomic mass is 15.3. The van der Waals surface area contributed by atoms with Crippen molar-refractivity contribution in [2.45, 2.75) is 19.4 Å². The molecule has 2 N–H and O–H groups in total. The first-order chi connectivity index (χ1) is 5.18. The molecule has 0 aliphatic heterocycles. The predicted molar refractivity (Wildman–Crippen MR) is 49.8 cm³/mol. The number of hydrogen-bond donors (Lipinski definition) is 2. The quantitative estimate of drug-likeness (QED) is 0.349. The maximum atomic E-state index is 3.99. The van der Waals surface area contributed by atoms with Gasteiger partial charge in [0.1, 0.15) is 0 Å². The molecule has 1 atom stereocenters. The zero-order valence-electron chi connectivity index (χ0n) is 7.52. The van der Waals surface area contributed by atoms with Crippen molar-refractivity contribution in [2.75, 3.05) is 13.6 Å². The smallest absolute Gasteiger partial charge is 0.0707 e. The molecule has 3 nitrogen and oxygen atoms in total. The molecule has 0 fully saturated rings. The Kier molecular flexibility index (Phi) is 4.54. The van der Waals surface area contributed by atoms with Crippen molar-refractivity contribution in [3.8, 4) is 0 Å². The SMILES string of the molecule is C=C[C@@](C)(/C=N/NCC)NC. The van der Waals surface area contributed by atoms with Gasteiger partial charge in [-0.3, -0.25) is 0 Å². The van der Waals surface area contributed by atoms with E-state index >= 15 is 0 Å². The summed E-state index contributed by atoms with van der Waals surface area (Å²) in [5.74, 6) is 0. The normalized spacial score (nSPS) is 16.3. The van der Waals surface area contributed by atoms with Crippen LogP contribution in [0.4, 0.5) is 0 Å². The highest BCUT2D eigenvalue weighted by Crippen LogP contribution is 1.98. The fraction of sp³-hybridized carbons (Fsp3) is 0.625. The average molecular weight is 155 g/mol. The lowest BCUT2D eigenvalue weighted by atomic mass is 10.1. The number of hydrazone groups is 1. The first-order valence-electron chi connectivity index (χ1n) is 3.78. The van der Waals surface area contributed by atoms with E-state index in [0.29, 0.717) is 0 Å². The van der Waals surface area contributed by atoms with Crippen LogP contribution >= 0.6 is 0 Å². The van der Waals surface area contributed by atoms with Gasteiger partial charge < -0.3 is 10.7 Å². The molecule has 0 radical (unpaired) electrons. The summed E-state index contributed by atoms with van der Waals surface area (Å²) in [7, 11) is 1.87. The van der Waals surface area contributed by atoms with Crippen LogP contribution in [-0.2, 0) is 0 Å². The largest absolute Gasteiger partial charge is 0.311 e. The summed E-state index contributed by atoms with van der Waals surface area (Å²) in [4.78, 5) is 0. The number of likely N-dealkylation sites (N-methyl/N-ethyl adjacent to an activating group) is 1. The van der Waals surface area contributed by atoms with Gasteiger partial charge in [0.2, 0.25) is 0 Å². The van der Waals surface area contributed by atoms with Gasteiger partial charge in [0.25, 0.3) is 0 Å². The Labute approximate surface area is 68.6 Å². The molecule has 64 valence electrons. The molecule has 0 aromatic heterocycles. The Morgan fingerprint density at radius 2 is 2.27 bits per heavy atom. The van der Waals surface area contributed by atoms with Crippen LogP contribution in [-0.4, -0.2) is 25.3 Å². The number of hydrogen-bond acceptors (Lipinski definition) is 3. The molecule has 3 heteroatoms. The number of nitrogens with one attached hydrogen (secondary N) is 2. The topological polar surface area (TPSA) is 36.4 Å². The second-order valence-electron chi connectivity index (χ2n) is 2.51. The second-order valence-corrected chi connectivity index (χ2v) is 2.51. The van der Waals surface area contributed by atoms with Crippen LogP contribution in [0.25, 0.3) is 0 Å². The lowest BCUT2D eigenvalue weighted by molar-refractivity contribution is 0.628. The van der Waals surface area contributed by atoms with E-state index in [1.54, 1.807) is 6.21 Å². The Bertz CT molecular complexity index is 142. The van der Waals surface area contributed by atoms with Crippen LogP contribution < -0.4 is 10.7 Å². The van der Waals surface area contributed by atoms with Crippen LogP contribution in [0, 0.1) is 0 Å². The van der Waals surface area contributed by atoms with Crippen LogP contribution in [0.1, 0.15) is 13.8 Å². The fourth-order valence-electron chi connectivity index (χ4n) is 0.490. The molecular formula is C8H17N3. The van der Waals surface area contributed by atoms with E-state index in [1.165, 1.54) is 0 Å². The third-order valence-corrected chi connectivity index (χ3v) is 1.54. The van der Waals surface area contributed by atoms with Crippen molar-refractivity contribution in [1.29, 1.82) is 0 Å². The van der Waals surface area contributed by atoms with E-state index < -0.39 is 0 Å². The minimum Gasteiger partial charge on any atom is -0.311 e. The van der Waals surface area contributed by atoms with Crippen molar-refractivity contribution >= 4 is 6.21 Å². The monoisotopic (exact) mass is 155 g/mol. The van der Waals surface area contributed by atoms with E-state index in [4.69, 9.17) is 0 Å². The van der Waals surface area contributed by atoms with Gasteiger partial charge in [0.05, 0.1) is 5.54 Å². The summed E-state index contributed by atoms with van der Waals surface area (Å²) in [6.07, 6.45) is 3.61. The van der Waals surface area contributed by atoms with Gasteiger partial charge in [-0.25, -0.2) is 0 Å². The first-order valence-corrected chi connectivity index (χ1v) is 3.78. The molecule has 0 spiro atoms. The molecule has 0 amide bonds. The summed E-state index contributed by atoms with van der Waals surface area (Å²) in [5.41, 5.74) is 2.65. The minimum absolute atomic E-state index is 0.206. The molecule has 0 aliphatic rings. The summed E-state index contributed by atoms with van der Waals surface area (Å²) in [6, 6.07) is 0. The van der Waals surface area contributed by atoms with Crippen molar-refractivity contribution < 1.29 is 0 Å². The third-order valence-electron chi connectivity index (χ3n) is 1.54. The van der Waals surface area contributed by atoms with E-state index in [2.05, 4.69) is 22.4 Å². The van der Waals surface area contributed by atoms with Crippen molar-refractivity contribution in [3.05, 3.63) is 12.7 Å². The molecule has 0 aromatic rings. The number of rotatable bonds is 5. The highest BCUT2D eigenvalue weighted by molar-refractivity contribution is 5.72. The molecule has 0 heterocycles. The van der Waals surface area contributed by atoms with Gasteiger partial charge in [-0.15, -0.1) is 6.58 Å². The predicted octanol–water partition coefficient (Wildman–Crippen LogP) is 0.746. The Balaban J connectivity index is 3.95. The fourth-order valence-corrected chi connectivity index (χ4v) is 0.490. The standard InChI is InChI=1S/C8H17N3/c1-5-8(3,9-4)7-11-10-6-2/h5,7,9-10H,1,6H2,2-4H3/b11-7+/t8-/m0/s1. The van der Waals surface area contributed by atoms with E-state index in [-0.39, 0.29) is 5.54 Å². The maximum absolute atomic E-state index is 3.99. The van der Waals surface area contributed by atoms with Gasteiger partial charge in [-0.1, -0.05) is 6.08 Å². The van der Waals surface area contributed by atoms with Crippen molar-refractivity contribution in [3.63, 3.8) is 0 Å². The second kappa shape index (κ2) is 4.91. The lowest BCUT2D eigenvalue weighted by Gasteiger charge is -2.18. The summed E-state index contributed by atoms with van der Waals surface area (Å²) < 4.78 is 0. The van der Waals surface area contributed by atoms with Gasteiger partial charge in [0.15, 0.2) is 0 Å². The summed E-state index contributed by atoms with van der Waals surface area (Å²) >= 11 is 0. The summed E-state index contributed by atoms with van der Waals surface area (Å²) in [5, 5.41) is 7.07. The van der Waals surface area contributed by atoms with Gasteiger partial charge in [0, 0.05) is 12.8 Å². The summed E-state index contributed by atoms with van der Waals surface area (Å²) in [6.45, 7) is 8.54. The lowest BCUT2D eigenvalue weighted by Crippen LogP contribution is -2.39. The molecule has 0 saturated carbocycles. The molecule has 0 aliphatic carbocycles. The first kappa shape index (κ1) is 10.2. The minimum atomic E-state index is -0.206. The molecule has 0 saturated heterocycles. The Hall–Kier alpha value is -0.830. The molecule has 11 heavy (non-hydrogen) atoms. The van der Waals surface area contributed by atoms with Gasteiger partial charge in [-0.2, -0.15) is 5.10 Å². The van der Waals surface area contributed by atoms with E-state index in [0.717, 1.165) is 6.54 Å². The zero-order chi connectivity index (χ0) is 8.74. The Morgan fingerprint density at radius 1 is 1.64 bits per heavy atom. The van der Waals surface area contributed by atoms with Crippen LogP contribution in [0.15, 0.2) is 17.8 Å². The van der Waals surface area contributed by atoms with Crippen molar-refractivity contribution in [1.82, 2.24) is 10.7 Å². The third kappa shape index (κ3) is 3.78. The average Bonchev–Trinajstić information content (AvgIpc) is 2.05. The van der Waals surface area contributed by atoms with Crippen LogP contribution in [0.3, 0.4) is 0 Å². The van der Waals surface area contributed by atoms with Gasteiger partial charge in [-0.05, 0) is 20.9 Å². The number of nitrogens with zero attached hydrogens (tertiary/aromatic N) is 1. The molecule has 0 unspecified atom stereocenters. The van der Waals surface area contributed by atoms with Gasteiger partial charge >= 0.3 is 0 Å². The molecular weight excluding hydrogens is 138 g/mol. The van der Waals surface area contributed by atoms with E-state index in [1.807, 2.05) is 27.0 Å². The molecule has 0 rings (SSSR count).